The Hall–Kier alpha value is -1.93. The molecule has 1 aromatic heterocycles. The van der Waals surface area contributed by atoms with Crippen LogP contribution in [0.4, 0.5) is 0 Å². The minimum absolute atomic E-state index is 0.00345. The summed E-state index contributed by atoms with van der Waals surface area (Å²) in [6.07, 6.45) is 4.21. The van der Waals surface area contributed by atoms with Crippen LogP contribution in [0, 0.1) is 0 Å². The fourth-order valence-electron chi connectivity index (χ4n) is 3.33. The quantitative estimate of drug-likeness (QED) is 0.768. The van der Waals surface area contributed by atoms with E-state index in [1.54, 1.807) is 19.5 Å². The van der Waals surface area contributed by atoms with E-state index in [0.717, 1.165) is 13.0 Å². The smallest absolute Gasteiger partial charge is 0.316 e. The summed E-state index contributed by atoms with van der Waals surface area (Å²) < 4.78 is 16.5. The first kappa shape index (κ1) is 17.9. The number of carbonyl (C=O) groups is 1. The Balaban J connectivity index is 1.46. The molecule has 3 unspecified atom stereocenters. The fourth-order valence-corrected chi connectivity index (χ4v) is 3.33. The van der Waals surface area contributed by atoms with Crippen molar-refractivity contribution in [3.05, 3.63) is 12.4 Å². The number of nitrogens with zero attached hydrogens (tertiary/aromatic N) is 4. The lowest BCUT2D eigenvalue weighted by atomic mass is 10.2. The van der Waals surface area contributed by atoms with Gasteiger partial charge in [-0.2, -0.15) is 9.97 Å². The normalized spacial score (nSPS) is 27.3. The van der Waals surface area contributed by atoms with Crippen LogP contribution in [0.5, 0.6) is 11.8 Å². The number of likely N-dealkylation sites (tertiary alicyclic amines) is 1. The largest absolute Gasteiger partial charge is 0.494 e. The monoisotopic (exact) mass is 350 g/mol. The average molecular weight is 350 g/mol. The van der Waals surface area contributed by atoms with Gasteiger partial charge in [0, 0.05) is 26.2 Å². The maximum Gasteiger partial charge on any atom is 0.316 e. The highest BCUT2D eigenvalue weighted by molar-refractivity contribution is 5.78. The summed E-state index contributed by atoms with van der Waals surface area (Å²) in [5.74, 6) is 0.753. The molecule has 138 valence electrons. The van der Waals surface area contributed by atoms with Gasteiger partial charge < -0.3 is 19.1 Å². The summed E-state index contributed by atoms with van der Waals surface area (Å²) in [5.41, 5.74) is 0. The van der Waals surface area contributed by atoms with Crippen molar-refractivity contribution in [3.63, 3.8) is 0 Å². The SMILES string of the molecule is COc1cnc(OC2CCN(CC(=O)N3CC(C)OC(C)C3)C2)nc1. The van der Waals surface area contributed by atoms with E-state index < -0.39 is 0 Å². The summed E-state index contributed by atoms with van der Waals surface area (Å²) in [6, 6.07) is 0.342. The van der Waals surface area contributed by atoms with Crippen molar-refractivity contribution in [2.75, 3.05) is 39.8 Å². The van der Waals surface area contributed by atoms with Gasteiger partial charge in [0.15, 0.2) is 5.75 Å². The van der Waals surface area contributed by atoms with Crippen LogP contribution in [-0.2, 0) is 9.53 Å². The highest BCUT2D eigenvalue weighted by atomic mass is 16.5. The number of rotatable bonds is 5. The van der Waals surface area contributed by atoms with Crippen LogP contribution in [0.15, 0.2) is 12.4 Å². The van der Waals surface area contributed by atoms with Crippen LogP contribution >= 0.6 is 0 Å². The molecule has 8 heteroatoms. The summed E-state index contributed by atoms with van der Waals surface area (Å²) in [5, 5.41) is 0. The molecular formula is C17H26N4O4. The second-order valence-corrected chi connectivity index (χ2v) is 6.73. The van der Waals surface area contributed by atoms with Crippen LogP contribution in [0.3, 0.4) is 0 Å². The summed E-state index contributed by atoms with van der Waals surface area (Å²) in [6.45, 7) is 7.30. The highest BCUT2D eigenvalue weighted by Crippen LogP contribution is 2.17. The molecule has 25 heavy (non-hydrogen) atoms. The van der Waals surface area contributed by atoms with E-state index in [2.05, 4.69) is 14.9 Å². The second-order valence-electron chi connectivity index (χ2n) is 6.73. The van der Waals surface area contributed by atoms with Gasteiger partial charge in [-0.3, -0.25) is 9.69 Å². The maximum atomic E-state index is 12.5. The Morgan fingerprint density at radius 1 is 1.24 bits per heavy atom. The van der Waals surface area contributed by atoms with Crippen molar-refractivity contribution in [2.45, 2.75) is 38.6 Å². The van der Waals surface area contributed by atoms with Crippen LogP contribution in [0.25, 0.3) is 0 Å². The van der Waals surface area contributed by atoms with Crippen molar-refractivity contribution in [1.82, 2.24) is 19.8 Å². The lowest BCUT2D eigenvalue weighted by Gasteiger charge is -2.36. The van der Waals surface area contributed by atoms with Crippen molar-refractivity contribution in [2.24, 2.45) is 0 Å². The first-order valence-electron chi connectivity index (χ1n) is 8.71. The number of hydrogen-bond donors (Lipinski definition) is 0. The molecule has 2 saturated heterocycles. The van der Waals surface area contributed by atoms with E-state index in [1.807, 2.05) is 18.7 Å². The highest BCUT2D eigenvalue weighted by Gasteiger charge is 2.30. The minimum Gasteiger partial charge on any atom is -0.494 e. The zero-order valence-electron chi connectivity index (χ0n) is 15.1. The van der Waals surface area contributed by atoms with E-state index >= 15 is 0 Å². The van der Waals surface area contributed by atoms with E-state index in [9.17, 15) is 4.79 Å². The molecule has 3 heterocycles. The topological polar surface area (TPSA) is 77.0 Å². The van der Waals surface area contributed by atoms with Gasteiger partial charge in [-0.15, -0.1) is 0 Å². The Morgan fingerprint density at radius 3 is 2.56 bits per heavy atom. The van der Waals surface area contributed by atoms with Crippen LogP contribution in [0.1, 0.15) is 20.3 Å². The lowest BCUT2D eigenvalue weighted by Crippen LogP contribution is -2.51. The first-order valence-corrected chi connectivity index (χ1v) is 8.71. The molecule has 0 spiro atoms. The van der Waals surface area contributed by atoms with E-state index in [4.69, 9.17) is 14.2 Å². The zero-order valence-corrected chi connectivity index (χ0v) is 15.1. The number of carbonyl (C=O) groups excluding carboxylic acids is 1. The molecule has 0 saturated carbocycles. The van der Waals surface area contributed by atoms with Gasteiger partial charge >= 0.3 is 6.01 Å². The van der Waals surface area contributed by atoms with Gasteiger partial charge in [-0.25, -0.2) is 0 Å². The summed E-state index contributed by atoms with van der Waals surface area (Å²) >= 11 is 0. The van der Waals surface area contributed by atoms with Crippen LogP contribution in [-0.4, -0.2) is 83.8 Å². The van der Waals surface area contributed by atoms with Gasteiger partial charge in [0.2, 0.25) is 5.91 Å². The molecule has 0 aromatic carbocycles. The predicted molar refractivity (Wildman–Crippen MR) is 90.6 cm³/mol. The van der Waals surface area contributed by atoms with Crippen molar-refractivity contribution >= 4 is 5.91 Å². The molecule has 3 rings (SSSR count). The van der Waals surface area contributed by atoms with Gasteiger partial charge in [0.1, 0.15) is 6.10 Å². The molecule has 8 nitrogen and oxygen atoms in total. The third-order valence-corrected chi connectivity index (χ3v) is 4.47. The predicted octanol–water partition coefficient (Wildman–Crippen LogP) is 0.574. The first-order chi connectivity index (χ1) is 12.0. The molecule has 0 N–H and O–H groups in total. The average Bonchev–Trinajstić information content (AvgIpc) is 3.01. The Morgan fingerprint density at radius 2 is 1.92 bits per heavy atom. The summed E-state index contributed by atoms with van der Waals surface area (Å²) in [4.78, 5) is 24.8. The summed E-state index contributed by atoms with van der Waals surface area (Å²) in [7, 11) is 1.57. The maximum absolute atomic E-state index is 12.5. The van der Waals surface area contributed by atoms with E-state index in [1.165, 1.54) is 0 Å². The fraction of sp³-hybridized carbons (Fsp3) is 0.706. The zero-order chi connectivity index (χ0) is 17.8. The molecule has 2 fully saturated rings. The Kier molecular flexibility index (Phi) is 5.70. The molecule has 0 aliphatic carbocycles. The second kappa shape index (κ2) is 7.97. The van der Waals surface area contributed by atoms with Gasteiger partial charge in [0.25, 0.3) is 0 Å². The standard InChI is InChI=1S/C17H26N4O4/c1-12-8-21(9-13(2)24-12)16(22)11-20-5-4-14(10-20)25-17-18-6-15(23-3)7-19-17/h6-7,12-14H,4-5,8-11H2,1-3H3. The molecule has 0 radical (unpaired) electrons. The number of morpholine rings is 1. The van der Waals surface area contributed by atoms with Crippen molar-refractivity contribution < 1.29 is 19.0 Å². The molecule has 2 aliphatic rings. The van der Waals surface area contributed by atoms with Crippen molar-refractivity contribution in [1.29, 1.82) is 0 Å². The molecule has 1 aromatic rings. The van der Waals surface area contributed by atoms with E-state index in [-0.39, 0.29) is 24.2 Å². The van der Waals surface area contributed by atoms with Gasteiger partial charge in [-0.05, 0) is 20.3 Å². The molecular weight excluding hydrogens is 324 g/mol. The molecule has 3 atom stereocenters. The Labute approximate surface area is 148 Å². The lowest BCUT2D eigenvalue weighted by molar-refractivity contribution is -0.144. The van der Waals surface area contributed by atoms with E-state index in [0.29, 0.717) is 37.9 Å². The number of ether oxygens (including phenoxy) is 3. The number of amides is 1. The van der Waals surface area contributed by atoms with Gasteiger partial charge in [-0.1, -0.05) is 0 Å². The molecule has 0 bridgehead atoms. The number of hydrogen-bond acceptors (Lipinski definition) is 7. The minimum atomic E-state index is 0.00345. The van der Waals surface area contributed by atoms with Gasteiger partial charge in [0.05, 0.1) is 38.3 Å². The number of methoxy groups -OCH3 is 1. The Bertz CT molecular complexity index is 573. The van der Waals surface area contributed by atoms with Crippen LogP contribution < -0.4 is 9.47 Å². The third-order valence-electron chi connectivity index (χ3n) is 4.47. The van der Waals surface area contributed by atoms with Crippen molar-refractivity contribution in [3.8, 4) is 11.8 Å². The molecule has 1 amide bonds. The third kappa shape index (κ3) is 4.79. The van der Waals surface area contributed by atoms with Crippen LogP contribution in [0.2, 0.25) is 0 Å². The molecule has 2 aliphatic heterocycles. The number of aromatic nitrogens is 2.